The molecule has 0 aromatic heterocycles. The summed E-state index contributed by atoms with van der Waals surface area (Å²) in [6, 6.07) is 17.3. The Labute approximate surface area is 126 Å². The maximum atomic E-state index is 12.6. The van der Waals surface area contributed by atoms with Crippen LogP contribution in [0.15, 0.2) is 76.5 Å². The van der Waals surface area contributed by atoms with Gasteiger partial charge < -0.3 is 0 Å². The average Bonchev–Trinajstić information content (AvgIpc) is 2.54. The third kappa shape index (κ3) is 2.44. The van der Waals surface area contributed by atoms with Gasteiger partial charge in [0, 0.05) is 12.1 Å². The number of hydrogen-bond acceptors (Lipinski definition) is 4. The highest BCUT2D eigenvalue weighted by molar-refractivity contribution is 7.91. The van der Waals surface area contributed by atoms with E-state index in [-0.39, 0.29) is 15.5 Å². The Morgan fingerprint density at radius 3 is 2.18 bits per heavy atom. The molecule has 22 heavy (non-hydrogen) atoms. The molecule has 0 saturated heterocycles. The zero-order valence-electron chi connectivity index (χ0n) is 11.3. The number of non-ortho nitro benzene ring substituents is 1. The van der Waals surface area contributed by atoms with Crippen LogP contribution in [0.3, 0.4) is 0 Å². The van der Waals surface area contributed by atoms with E-state index < -0.39 is 14.8 Å². The lowest BCUT2D eigenvalue weighted by Crippen LogP contribution is -2.02. The molecular formula is C16H11NO4S. The summed E-state index contributed by atoms with van der Waals surface area (Å²) in [6.07, 6.45) is 0. The van der Waals surface area contributed by atoms with Crippen molar-refractivity contribution in [2.75, 3.05) is 0 Å². The fourth-order valence-corrected chi connectivity index (χ4v) is 3.57. The predicted octanol–water partition coefficient (Wildman–Crippen LogP) is 3.58. The van der Waals surface area contributed by atoms with Crippen LogP contribution in [0, 0.1) is 10.1 Å². The smallest absolute Gasteiger partial charge is 0.258 e. The summed E-state index contributed by atoms with van der Waals surface area (Å²) < 4.78 is 25.3. The number of nitrogens with zero attached hydrogens (tertiary/aromatic N) is 1. The Hall–Kier alpha value is -2.73. The Morgan fingerprint density at radius 2 is 1.45 bits per heavy atom. The molecule has 3 aromatic carbocycles. The highest BCUT2D eigenvalue weighted by Crippen LogP contribution is 2.26. The van der Waals surface area contributed by atoms with Gasteiger partial charge in [-0.25, -0.2) is 8.42 Å². The molecule has 6 heteroatoms. The zero-order chi connectivity index (χ0) is 15.7. The van der Waals surface area contributed by atoms with Crippen molar-refractivity contribution in [3.8, 4) is 0 Å². The molecule has 0 aliphatic heterocycles. The van der Waals surface area contributed by atoms with Crippen LogP contribution < -0.4 is 0 Å². The van der Waals surface area contributed by atoms with E-state index in [1.165, 1.54) is 24.3 Å². The Balaban J connectivity index is 2.15. The molecule has 0 N–H and O–H groups in total. The van der Waals surface area contributed by atoms with Crippen LogP contribution in [0.25, 0.3) is 10.8 Å². The second kappa shape index (κ2) is 5.23. The van der Waals surface area contributed by atoms with Gasteiger partial charge in [-0.3, -0.25) is 10.1 Å². The van der Waals surface area contributed by atoms with Crippen LogP contribution in [-0.4, -0.2) is 13.3 Å². The molecule has 0 spiro atoms. The van der Waals surface area contributed by atoms with Crippen LogP contribution in [-0.2, 0) is 9.84 Å². The van der Waals surface area contributed by atoms with Gasteiger partial charge in [-0.2, -0.15) is 0 Å². The monoisotopic (exact) mass is 313 g/mol. The van der Waals surface area contributed by atoms with Crippen LogP contribution in [0.5, 0.6) is 0 Å². The van der Waals surface area contributed by atoms with Crippen molar-refractivity contribution >= 4 is 26.3 Å². The first-order valence-corrected chi connectivity index (χ1v) is 7.95. The first kappa shape index (κ1) is 14.2. The van der Waals surface area contributed by atoms with E-state index in [0.29, 0.717) is 0 Å². The minimum atomic E-state index is -3.79. The van der Waals surface area contributed by atoms with Gasteiger partial charge in [0.05, 0.1) is 14.7 Å². The number of benzene rings is 3. The van der Waals surface area contributed by atoms with E-state index in [0.717, 1.165) is 16.8 Å². The van der Waals surface area contributed by atoms with E-state index in [2.05, 4.69) is 0 Å². The second-order valence-electron chi connectivity index (χ2n) is 4.77. The van der Waals surface area contributed by atoms with E-state index >= 15 is 0 Å². The zero-order valence-corrected chi connectivity index (χ0v) is 12.2. The first-order valence-electron chi connectivity index (χ1n) is 6.47. The van der Waals surface area contributed by atoms with Crippen LogP contribution in [0.1, 0.15) is 0 Å². The van der Waals surface area contributed by atoms with E-state index in [1.54, 1.807) is 12.1 Å². The van der Waals surface area contributed by atoms with Gasteiger partial charge in [0.1, 0.15) is 0 Å². The molecule has 0 atom stereocenters. The maximum Gasteiger partial charge on any atom is 0.270 e. The van der Waals surface area contributed by atoms with Crippen LogP contribution in [0.2, 0.25) is 0 Å². The molecule has 5 nitrogen and oxygen atoms in total. The molecule has 0 aliphatic carbocycles. The van der Waals surface area contributed by atoms with Crippen LogP contribution in [0.4, 0.5) is 5.69 Å². The SMILES string of the molecule is O=[N+]([O-])c1cccc(S(=O)(=O)c2ccc3ccccc3c2)c1. The van der Waals surface area contributed by atoms with Crippen molar-refractivity contribution in [3.63, 3.8) is 0 Å². The lowest BCUT2D eigenvalue weighted by Gasteiger charge is -2.06. The average molecular weight is 313 g/mol. The van der Waals surface area contributed by atoms with E-state index in [1.807, 2.05) is 24.3 Å². The minimum absolute atomic E-state index is 0.0861. The molecule has 0 heterocycles. The van der Waals surface area contributed by atoms with E-state index in [9.17, 15) is 18.5 Å². The number of rotatable bonds is 3. The van der Waals surface area contributed by atoms with Crippen molar-refractivity contribution < 1.29 is 13.3 Å². The number of fused-ring (bicyclic) bond motifs is 1. The van der Waals surface area contributed by atoms with Crippen molar-refractivity contribution in [3.05, 3.63) is 76.8 Å². The van der Waals surface area contributed by atoms with Gasteiger partial charge >= 0.3 is 0 Å². The third-order valence-corrected chi connectivity index (χ3v) is 5.12. The summed E-state index contributed by atoms with van der Waals surface area (Å²) in [5, 5.41) is 12.5. The molecule has 0 aliphatic rings. The molecule has 0 bridgehead atoms. The largest absolute Gasteiger partial charge is 0.270 e. The van der Waals surface area contributed by atoms with Crippen molar-refractivity contribution in [2.24, 2.45) is 0 Å². The van der Waals surface area contributed by atoms with Gasteiger partial charge in [0.25, 0.3) is 5.69 Å². The van der Waals surface area contributed by atoms with Gasteiger partial charge in [0.15, 0.2) is 0 Å². The summed E-state index contributed by atoms with van der Waals surface area (Å²) in [5.74, 6) is 0. The summed E-state index contributed by atoms with van der Waals surface area (Å²) in [7, 11) is -3.79. The van der Waals surface area contributed by atoms with Gasteiger partial charge in [-0.1, -0.05) is 36.4 Å². The summed E-state index contributed by atoms with van der Waals surface area (Å²) in [6.45, 7) is 0. The van der Waals surface area contributed by atoms with Crippen molar-refractivity contribution in [2.45, 2.75) is 9.79 Å². The molecule has 0 unspecified atom stereocenters. The number of nitro benzene ring substituents is 1. The topological polar surface area (TPSA) is 77.3 Å². The Kier molecular flexibility index (Phi) is 3.38. The van der Waals surface area contributed by atoms with Crippen LogP contribution >= 0.6 is 0 Å². The molecule has 0 saturated carbocycles. The number of sulfone groups is 1. The Bertz CT molecular complexity index is 980. The minimum Gasteiger partial charge on any atom is -0.258 e. The summed E-state index contributed by atoms with van der Waals surface area (Å²) >= 11 is 0. The molecule has 0 radical (unpaired) electrons. The first-order chi connectivity index (χ1) is 10.5. The molecule has 0 amide bonds. The maximum absolute atomic E-state index is 12.6. The highest BCUT2D eigenvalue weighted by Gasteiger charge is 2.20. The van der Waals surface area contributed by atoms with Gasteiger partial charge in [0.2, 0.25) is 9.84 Å². The lowest BCUT2D eigenvalue weighted by molar-refractivity contribution is -0.385. The molecule has 3 rings (SSSR count). The fourth-order valence-electron chi connectivity index (χ4n) is 2.23. The van der Waals surface area contributed by atoms with E-state index in [4.69, 9.17) is 0 Å². The van der Waals surface area contributed by atoms with Crippen molar-refractivity contribution in [1.82, 2.24) is 0 Å². The third-order valence-electron chi connectivity index (χ3n) is 3.37. The Morgan fingerprint density at radius 1 is 0.773 bits per heavy atom. The second-order valence-corrected chi connectivity index (χ2v) is 6.72. The molecule has 110 valence electrons. The predicted molar refractivity (Wildman–Crippen MR) is 82.5 cm³/mol. The quantitative estimate of drug-likeness (QED) is 0.547. The normalized spacial score (nSPS) is 11.5. The summed E-state index contributed by atoms with van der Waals surface area (Å²) in [4.78, 5) is 10.2. The molecular weight excluding hydrogens is 302 g/mol. The van der Waals surface area contributed by atoms with Gasteiger partial charge in [-0.15, -0.1) is 0 Å². The fraction of sp³-hybridized carbons (Fsp3) is 0. The number of hydrogen-bond donors (Lipinski definition) is 0. The highest BCUT2D eigenvalue weighted by atomic mass is 32.2. The standard InChI is InChI=1S/C16H11NO4S/c18-17(19)14-6-3-7-15(11-14)22(20,21)16-9-8-12-4-1-2-5-13(12)10-16/h1-11H. The molecule has 0 fully saturated rings. The molecule has 3 aromatic rings. The number of nitro groups is 1. The van der Waals surface area contributed by atoms with Crippen molar-refractivity contribution in [1.29, 1.82) is 0 Å². The van der Waals surface area contributed by atoms with Gasteiger partial charge in [-0.05, 0) is 29.0 Å². The lowest BCUT2D eigenvalue weighted by atomic mass is 10.1. The summed E-state index contributed by atoms with van der Waals surface area (Å²) in [5.41, 5.74) is -0.248.